The lowest BCUT2D eigenvalue weighted by molar-refractivity contribution is -0.144. The molecule has 0 unspecified atom stereocenters. The Labute approximate surface area is 148 Å². The number of nitrogens with one attached hydrogen (secondary N) is 1. The quantitative estimate of drug-likeness (QED) is 0.804. The van der Waals surface area contributed by atoms with Crippen molar-refractivity contribution in [1.29, 1.82) is 0 Å². The molecule has 0 saturated carbocycles. The molecule has 1 aliphatic heterocycles. The van der Waals surface area contributed by atoms with E-state index >= 15 is 0 Å². The van der Waals surface area contributed by atoms with Crippen molar-refractivity contribution in [1.82, 2.24) is 4.90 Å². The molecule has 0 aliphatic carbocycles. The summed E-state index contributed by atoms with van der Waals surface area (Å²) in [6.07, 6.45) is 2.22. The Morgan fingerprint density at radius 2 is 1.76 bits per heavy atom. The molecule has 0 bridgehead atoms. The van der Waals surface area contributed by atoms with Crippen molar-refractivity contribution in [2.45, 2.75) is 39.5 Å². The summed E-state index contributed by atoms with van der Waals surface area (Å²) in [5, 5.41) is 2.72. The standard InChI is InChI=1S/C19H26N2O4/c1-3-25-18(23)9-8-17(22)20-16-6-4-15(5-7-16)19(24)21-12-10-14(2)11-13-21/h4-7,14H,3,8-13H2,1-2H3,(H,20,22). The molecule has 25 heavy (non-hydrogen) atoms. The van der Waals surface area contributed by atoms with Crippen LogP contribution in [-0.4, -0.2) is 42.4 Å². The third-order valence-corrected chi connectivity index (χ3v) is 4.35. The second kappa shape index (κ2) is 9.20. The lowest BCUT2D eigenvalue weighted by Crippen LogP contribution is -2.37. The van der Waals surface area contributed by atoms with E-state index in [0.29, 0.717) is 23.8 Å². The van der Waals surface area contributed by atoms with Crippen molar-refractivity contribution in [3.8, 4) is 0 Å². The van der Waals surface area contributed by atoms with E-state index in [0.717, 1.165) is 25.9 Å². The molecule has 1 aromatic carbocycles. The molecule has 1 aliphatic rings. The Hall–Kier alpha value is -2.37. The molecule has 1 heterocycles. The number of anilines is 1. The van der Waals surface area contributed by atoms with Gasteiger partial charge in [-0.25, -0.2) is 0 Å². The number of likely N-dealkylation sites (tertiary alicyclic amines) is 1. The molecule has 1 fully saturated rings. The molecule has 1 saturated heterocycles. The smallest absolute Gasteiger partial charge is 0.306 e. The number of amides is 2. The lowest BCUT2D eigenvalue weighted by Gasteiger charge is -2.30. The van der Waals surface area contributed by atoms with E-state index < -0.39 is 0 Å². The maximum absolute atomic E-state index is 12.5. The van der Waals surface area contributed by atoms with Crippen molar-refractivity contribution >= 4 is 23.5 Å². The van der Waals surface area contributed by atoms with Gasteiger partial charge in [-0.1, -0.05) is 6.92 Å². The van der Waals surface area contributed by atoms with Crippen LogP contribution in [0.5, 0.6) is 0 Å². The fourth-order valence-electron chi connectivity index (χ4n) is 2.76. The molecule has 1 aromatic rings. The Morgan fingerprint density at radius 3 is 2.36 bits per heavy atom. The molecule has 136 valence electrons. The van der Waals surface area contributed by atoms with Crippen LogP contribution in [0.15, 0.2) is 24.3 Å². The van der Waals surface area contributed by atoms with Crippen LogP contribution in [0.1, 0.15) is 49.9 Å². The number of piperidine rings is 1. The van der Waals surface area contributed by atoms with Gasteiger partial charge >= 0.3 is 5.97 Å². The minimum atomic E-state index is -0.380. The van der Waals surface area contributed by atoms with Gasteiger partial charge in [0.05, 0.1) is 13.0 Å². The van der Waals surface area contributed by atoms with Gasteiger partial charge in [-0.2, -0.15) is 0 Å². The molecule has 1 N–H and O–H groups in total. The molecule has 0 radical (unpaired) electrons. The van der Waals surface area contributed by atoms with Gasteiger partial charge in [0.15, 0.2) is 0 Å². The summed E-state index contributed by atoms with van der Waals surface area (Å²) in [5.74, 6) is 0.0786. The van der Waals surface area contributed by atoms with Crippen molar-refractivity contribution in [3.05, 3.63) is 29.8 Å². The number of carbonyl (C=O) groups is 3. The highest BCUT2D eigenvalue weighted by atomic mass is 16.5. The Balaban J connectivity index is 1.84. The summed E-state index contributed by atoms with van der Waals surface area (Å²) in [7, 11) is 0. The summed E-state index contributed by atoms with van der Waals surface area (Å²) < 4.78 is 4.79. The highest BCUT2D eigenvalue weighted by molar-refractivity contribution is 5.96. The number of carbonyl (C=O) groups excluding carboxylic acids is 3. The number of esters is 1. The van der Waals surface area contributed by atoms with Crippen molar-refractivity contribution < 1.29 is 19.1 Å². The van der Waals surface area contributed by atoms with Crippen LogP contribution in [0.3, 0.4) is 0 Å². The van der Waals surface area contributed by atoms with E-state index in [1.807, 2.05) is 4.90 Å². The SMILES string of the molecule is CCOC(=O)CCC(=O)Nc1ccc(C(=O)N2CCC(C)CC2)cc1. The highest BCUT2D eigenvalue weighted by Crippen LogP contribution is 2.19. The predicted octanol–water partition coefficient (Wildman–Crippen LogP) is 2.84. The van der Waals surface area contributed by atoms with E-state index in [1.165, 1.54) is 0 Å². The molecule has 0 aromatic heterocycles. The Bertz CT molecular complexity index is 604. The maximum atomic E-state index is 12.5. The predicted molar refractivity (Wildman–Crippen MR) is 95.2 cm³/mol. The van der Waals surface area contributed by atoms with Crippen LogP contribution in [0.4, 0.5) is 5.69 Å². The van der Waals surface area contributed by atoms with Gasteiger partial charge in [0.2, 0.25) is 5.91 Å². The molecular formula is C19H26N2O4. The number of benzene rings is 1. The number of hydrogen-bond acceptors (Lipinski definition) is 4. The molecule has 2 amide bonds. The average molecular weight is 346 g/mol. The number of hydrogen-bond donors (Lipinski definition) is 1. The Kier molecular flexibility index (Phi) is 6.98. The second-order valence-electron chi connectivity index (χ2n) is 6.41. The van der Waals surface area contributed by atoms with Gasteiger partial charge in [-0.3, -0.25) is 14.4 Å². The zero-order valence-electron chi connectivity index (χ0n) is 14.9. The third-order valence-electron chi connectivity index (χ3n) is 4.35. The van der Waals surface area contributed by atoms with E-state index in [1.54, 1.807) is 31.2 Å². The minimum absolute atomic E-state index is 0.0343. The van der Waals surface area contributed by atoms with Crippen LogP contribution in [0.25, 0.3) is 0 Å². The van der Waals surface area contributed by atoms with Gasteiger partial charge in [-0.15, -0.1) is 0 Å². The van der Waals surface area contributed by atoms with Crippen molar-refractivity contribution in [2.75, 3.05) is 25.0 Å². The van der Waals surface area contributed by atoms with Gasteiger partial charge < -0.3 is 15.0 Å². The first-order chi connectivity index (χ1) is 12.0. The topological polar surface area (TPSA) is 75.7 Å². The largest absolute Gasteiger partial charge is 0.466 e. The minimum Gasteiger partial charge on any atom is -0.466 e. The van der Waals surface area contributed by atoms with Gasteiger partial charge in [-0.05, 0) is 49.9 Å². The fraction of sp³-hybridized carbons (Fsp3) is 0.526. The van der Waals surface area contributed by atoms with E-state index in [2.05, 4.69) is 12.2 Å². The summed E-state index contributed by atoms with van der Waals surface area (Å²) in [4.78, 5) is 37.4. The molecule has 6 heteroatoms. The molecular weight excluding hydrogens is 320 g/mol. The zero-order valence-corrected chi connectivity index (χ0v) is 14.9. The monoisotopic (exact) mass is 346 g/mol. The molecule has 0 spiro atoms. The van der Waals surface area contributed by atoms with Gasteiger partial charge in [0.25, 0.3) is 5.91 Å². The summed E-state index contributed by atoms with van der Waals surface area (Å²) in [5.41, 5.74) is 1.23. The van der Waals surface area contributed by atoms with Crippen LogP contribution in [0.2, 0.25) is 0 Å². The van der Waals surface area contributed by atoms with Crippen molar-refractivity contribution in [2.24, 2.45) is 5.92 Å². The molecule has 0 atom stereocenters. The summed E-state index contributed by atoms with van der Waals surface area (Å²) >= 11 is 0. The first-order valence-corrected chi connectivity index (χ1v) is 8.84. The number of rotatable bonds is 6. The number of ether oxygens (including phenoxy) is 1. The first kappa shape index (κ1) is 19.0. The van der Waals surface area contributed by atoms with Crippen LogP contribution in [0, 0.1) is 5.92 Å². The van der Waals surface area contributed by atoms with Gasteiger partial charge in [0.1, 0.15) is 0 Å². The van der Waals surface area contributed by atoms with Crippen LogP contribution in [-0.2, 0) is 14.3 Å². The summed E-state index contributed by atoms with van der Waals surface area (Å²) in [6.45, 7) is 5.84. The van der Waals surface area contributed by atoms with Crippen LogP contribution < -0.4 is 5.32 Å². The highest BCUT2D eigenvalue weighted by Gasteiger charge is 2.21. The van der Waals surface area contributed by atoms with E-state index in [4.69, 9.17) is 4.74 Å². The fourth-order valence-corrected chi connectivity index (χ4v) is 2.76. The number of nitrogens with zero attached hydrogens (tertiary/aromatic N) is 1. The lowest BCUT2D eigenvalue weighted by atomic mass is 9.98. The van der Waals surface area contributed by atoms with Gasteiger partial charge in [0, 0.05) is 30.8 Å². The zero-order chi connectivity index (χ0) is 18.2. The molecule has 6 nitrogen and oxygen atoms in total. The summed E-state index contributed by atoms with van der Waals surface area (Å²) in [6, 6.07) is 6.87. The first-order valence-electron chi connectivity index (χ1n) is 8.84. The van der Waals surface area contributed by atoms with E-state index in [-0.39, 0.29) is 30.6 Å². The van der Waals surface area contributed by atoms with E-state index in [9.17, 15) is 14.4 Å². The third kappa shape index (κ3) is 5.89. The average Bonchev–Trinajstić information content (AvgIpc) is 2.61. The molecule has 2 rings (SSSR count). The maximum Gasteiger partial charge on any atom is 0.306 e. The Morgan fingerprint density at radius 1 is 1.12 bits per heavy atom. The van der Waals surface area contributed by atoms with Crippen molar-refractivity contribution in [3.63, 3.8) is 0 Å². The van der Waals surface area contributed by atoms with Crippen LogP contribution >= 0.6 is 0 Å². The second-order valence-corrected chi connectivity index (χ2v) is 6.41. The normalized spacial score (nSPS) is 14.9.